The standard InChI is InChI=1S/C9H18N2O/c1-3-4-10-8-5-7(2)11-9(12)6-8/h7-8,10H,3-6H2,1-2H3,(H,11,12). The molecule has 0 aromatic carbocycles. The Morgan fingerprint density at radius 1 is 1.67 bits per heavy atom. The van der Waals surface area contributed by atoms with Crippen molar-refractivity contribution in [3.8, 4) is 0 Å². The van der Waals surface area contributed by atoms with Crippen LogP contribution in [0.15, 0.2) is 0 Å². The zero-order valence-corrected chi connectivity index (χ0v) is 7.89. The van der Waals surface area contributed by atoms with Gasteiger partial charge in [0.1, 0.15) is 0 Å². The Labute approximate surface area is 73.9 Å². The largest absolute Gasteiger partial charge is 0.354 e. The van der Waals surface area contributed by atoms with Gasteiger partial charge in [0, 0.05) is 18.5 Å². The van der Waals surface area contributed by atoms with E-state index in [1.807, 2.05) is 0 Å². The number of carbonyl (C=O) groups is 1. The zero-order chi connectivity index (χ0) is 8.97. The van der Waals surface area contributed by atoms with Gasteiger partial charge >= 0.3 is 0 Å². The highest BCUT2D eigenvalue weighted by Crippen LogP contribution is 2.08. The lowest BCUT2D eigenvalue weighted by atomic mass is 10.00. The summed E-state index contributed by atoms with van der Waals surface area (Å²) in [6.07, 6.45) is 2.84. The predicted molar refractivity (Wildman–Crippen MR) is 48.9 cm³/mol. The maximum Gasteiger partial charge on any atom is 0.221 e. The minimum atomic E-state index is 0.183. The summed E-state index contributed by atoms with van der Waals surface area (Å²) in [5.41, 5.74) is 0. The van der Waals surface area contributed by atoms with E-state index in [0.717, 1.165) is 19.4 Å². The molecular weight excluding hydrogens is 152 g/mol. The Kier molecular flexibility index (Phi) is 3.53. The Morgan fingerprint density at radius 3 is 3.00 bits per heavy atom. The molecule has 1 saturated heterocycles. The molecule has 70 valence electrons. The minimum Gasteiger partial charge on any atom is -0.354 e. The third-order valence-corrected chi connectivity index (χ3v) is 2.16. The van der Waals surface area contributed by atoms with Crippen molar-refractivity contribution < 1.29 is 4.79 Å². The number of hydrogen-bond acceptors (Lipinski definition) is 2. The van der Waals surface area contributed by atoms with Crippen LogP contribution in [0.3, 0.4) is 0 Å². The van der Waals surface area contributed by atoms with Gasteiger partial charge in [-0.1, -0.05) is 6.92 Å². The first-order chi connectivity index (χ1) is 5.72. The first-order valence-electron chi connectivity index (χ1n) is 4.75. The van der Waals surface area contributed by atoms with Crippen LogP contribution in [0, 0.1) is 0 Å². The van der Waals surface area contributed by atoms with Gasteiger partial charge in [-0.3, -0.25) is 4.79 Å². The summed E-state index contributed by atoms with van der Waals surface area (Å²) in [5.74, 6) is 0.183. The number of rotatable bonds is 3. The molecule has 2 atom stereocenters. The van der Waals surface area contributed by atoms with Crippen molar-refractivity contribution >= 4 is 5.91 Å². The molecule has 2 unspecified atom stereocenters. The zero-order valence-electron chi connectivity index (χ0n) is 7.89. The fourth-order valence-electron chi connectivity index (χ4n) is 1.63. The van der Waals surface area contributed by atoms with Gasteiger partial charge in [-0.15, -0.1) is 0 Å². The van der Waals surface area contributed by atoms with E-state index in [4.69, 9.17) is 0 Å². The molecule has 0 aliphatic carbocycles. The molecule has 0 radical (unpaired) electrons. The molecule has 0 saturated carbocycles. The highest BCUT2D eigenvalue weighted by atomic mass is 16.1. The molecule has 12 heavy (non-hydrogen) atoms. The van der Waals surface area contributed by atoms with Crippen LogP contribution in [0.5, 0.6) is 0 Å². The molecule has 0 spiro atoms. The number of carbonyl (C=O) groups excluding carboxylic acids is 1. The maximum atomic E-state index is 11.1. The average Bonchev–Trinajstić information content (AvgIpc) is 1.99. The van der Waals surface area contributed by atoms with E-state index in [2.05, 4.69) is 24.5 Å². The Morgan fingerprint density at radius 2 is 2.42 bits per heavy atom. The molecule has 1 aliphatic heterocycles. The lowest BCUT2D eigenvalue weighted by molar-refractivity contribution is -0.123. The molecule has 3 heteroatoms. The molecule has 1 fully saturated rings. The van der Waals surface area contributed by atoms with Crippen LogP contribution in [-0.4, -0.2) is 24.5 Å². The van der Waals surface area contributed by atoms with Crippen LogP contribution in [0.4, 0.5) is 0 Å². The highest BCUT2D eigenvalue weighted by Gasteiger charge is 2.22. The van der Waals surface area contributed by atoms with Crippen molar-refractivity contribution in [2.24, 2.45) is 0 Å². The van der Waals surface area contributed by atoms with Gasteiger partial charge in [-0.05, 0) is 26.3 Å². The van der Waals surface area contributed by atoms with Gasteiger partial charge in [0.2, 0.25) is 5.91 Å². The molecule has 1 heterocycles. The molecule has 1 amide bonds. The van der Waals surface area contributed by atoms with Gasteiger partial charge in [-0.25, -0.2) is 0 Å². The van der Waals surface area contributed by atoms with Crippen molar-refractivity contribution in [3.05, 3.63) is 0 Å². The van der Waals surface area contributed by atoms with Crippen molar-refractivity contribution in [2.45, 2.75) is 45.2 Å². The van der Waals surface area contributed by atoms with Gasteiger partial charge < -0.3 is 10.6 Å². The summed E-state index contributed by atoms with van der Waals surface area (Å²) in [4.78, 5) is 11.1. The van der Waals surface area contributed by atoms with E-state index in [1.54, 1.807) is 0 Å². The summed E-state index contributed by atoms with van der Waals surface area (Å²) in [7, 11) is 0. The number of piperidine rings is 1. The Hall–Kier alpha value is -0.570. The first kappa shape index (κ1) is 9.52. The second kappa shape index (κ2) is 4.45. The van der Waals surface area contributed by atoms with Gasteiger partial charge in [0.05, 0.1) is 0 Å². The van der Waals surface area contributed by atoms with Gasteiger partial charge in [-0.2, -0.15) is 0 Å². The summed E-state index contributed by atoms with van der Waals surface area (Å²) < 4.78 is 0. The van der Waals surface area contributed by atoms with Crippen LogP contribution in [0.2, 0.25) is 0 Å². The third kappa shape index (κ3) is 2.81. The van der Waals surface area contributed by atoms with Crippen molar-refractivity contribution in [2.75, 3.05) is 6.54 Å². The van der Waals surface area contributed by atoms with Crippen LogP contribution >= 0.6 is 0 Å². The predicted octanol–water partition coefficient (Wildman–Crippen LogP) is 0.653. The fraction of sp³-hybridized carbons (Fsp3) is 0.889. The van der Waals surface area contributed by atoms with E-state index in [1.165, 1.54) is 0 Å². The lowest BCUT2D eigenvalue weighted by Gasteiger charge is -2.28. The molecule has 0 bridgehead atoms. The summed E-state index contributed by atoms with van der Waals surface area (Å²) in [6.45, 7) is 5.21. The van der Waals surface area contributed by atoms with E-state index in [0.29, 0.717) is 18.5 Å². The van der Waals surface area contributed by atoms with Crippen LogP contribution in [-0.2, 0) is 4.79 Å². The van der Waals surface area contributed by atoms with Crippen molar-refractivity contribution in [1.29, 1.82) is 0 Å². The number of amides is 1. The van der Waals surface area contributed by atoms with E-state index in [-0.39, 0.29) is 5.91 Å². The normalized spacial score (nSPS) is 30.0. The van der Waals surface area contributed by atoms with Crippen LogP contribution in [0.25, 0.3) is 0 Å². The van der Waals surface area contributed by atoms with Crippen molar-refractivity contribution in [3.63, 3.8) is 0 Å². The first-order valence-corrected chi connectivity index (χ1v) is 4.75. The van der Waals surface area contributed by atoms with Gasteiger partial charge in [0.25, 0.3) is 0 Å². The monoisotopic (exact) mass is 170 g/mol. The Bertz CT molecular complexity index is 159. The number of nitrogens with one attached hydrogen (secondary N) is 2. The molecule has 3 nitrogen and oxygen atoms in total. The lowest BCUT2D eigenvalue weighted by Crippen LogP contribution is -2.48. The molecule has 1 rings (SSSR count). The smallest absolute Gasteiger partial charge is 0.221 e. The second-order valence-electron chi connectivity index (χ2n) is 3.56. The van der Waals surface area contributed by atoms with E-state index >= 15 is 0 Å². The minimum absolute atomic E-state index is 0.183. The summed E-state index contributed by atoms with van der Waals surface area (Å²) in [6, 6.07) is 0.731. The van der Waals surface area contributed by atoms with Crippen LogP contribution < -0.4 is 10.6 Å². The summed E-state index contributed by atoms with van der Waals surface area (Å²) >= 11 is 0. The van der Waals surface area contributed by atoms with E-state index < -0.39 is 0 Å². The average molecular weight is 170 g/mol. The Balaban J connectivity index is 2.29. The molecule has 0 aromatic heterocycles. The highest BCUT2D eigenvalue weighted by molar-refractivity contribution is 5.77. The fourth-order valence-corrected chi connectivity index (χ4v) is 1.63. The molecular formula is C9H18N2O. The second-order valence-corrected chi connectivity index (χ2v) is 3.56. The summed E-state index contributed by atoms with van der Waals surface area (Å²) in [5, 5.41) is 6.28. The SMILES string of the molecule is CCCNC1CC(=O)NC(C)C1. The molecule has 1 aliphatic rings. The maximum absolute atomic E-state index is 11.1. The topological polar surface area (TPSA) is 41.1 Å². The van der Waals surface area contributed by atoms with Crippen LogP contribution in [0.1, 0.15) is 33.1 Å². The third-order valence-electron chi connectivity index (χ3n) is 2.16. The van der Waals surface area contributed by atoms with Crippen molar-refractivity contribution in [1.82, 2.24) is 10.6 Å². The molecule has 2 N–H and O–H groups in total. The van der Waals surface area contributed by atoms with E-state index in [9.17, 15) is 4.79 Å². The number of hydrogen-bond donors (Lipinski definition) is 2. The quantitative estimate of drug-likeness (QED) is 0.653. The molecule has 0 aromatic rings. The van der Waals surface area contributed by atoms with Gasteiger partial charge in [0.15, 0.2) is 0 Å².